The second kappa shape index (κ2) is 28.4. The summed E-state index contributed by atoms with van der Waals surface area (Å²) in [5, 5.41) is -0.949. The average Bonchev–Trinajstić information content (AvgIpc) is 0.795. The van der Waals surface area contributed by atoms with Crippen molar-refractivity contribution in [3.63, 3.8) is 0 Å². The van der Waals surface area contributed by atoms with Crippen LogP contribution in [0.25, 0.3) is 43.8 Å². The molecule has 0 radical (unpaired) electrons. The largest absolute Gasteiger partial charge is 0.453 e. The summed E-state index contributed by atoms with van der Waals surface area (Å²) >= 11 is 0. The van der Waals surface area contributed by atoms with Gasteiger partial charge in [-0.25, -0.2) is 17.6 Å². The van der Waals surface area contributed by atoms with Gasteiger partial charge in [-0.1, -0.05) is 13.2 Å². The van der Waals surface area contributed by atoms with Crippen molar-refractivity contribution in [3.8, 4) is 34.1 Å². The quantitative estimate of drug-likeness (QED) is 0.0224. The Morgan fingerprint density at radius 2 is 0.721 bits per heavy atom. The number of allylic oxidation sites excluding steroid dienone is 2. The predicted molar refractivity (Wildman–Crippen MR) is 306 cm³/mol. The van der Waals surface area contributed by atoms with Gasteiger partial charge in [0.15, 0.2) is 23.2 Å². The first-order chi connectivity index (χ1) is 40.2. The van der Waals surface area contributed by atoms with Gasteiger partial charge in [0.2, 0.25) is 17.4 Å². The average molecular weight is 1290 g/mol. The number of rotatable bonds is 31. The molecule has 0 saturated heterocycles. The monoisotopic (exact) mass is 1290 g/mol. The summed E-state index contributed by atoms with van der Waals surface area (Å²) < 4.78 is 266. The highest BCUT2D eigenvalue weighted by atomic mass is 32.2. The summed E-state index contributed by atoms with van der Waals surface area (Å²) in [5.74, 6) is -17.4. The molecule has 0 saturated carbocycles. The fourth-order valence-corrected chi connectivity index (χ4v) is 13.0. The molecule has 0 N–H and O–H groups in total. The molecule has 0 heterocycles. The van der Waals surface area contributed by atoms with E-state index in [9.17, 15) is 33.7 Å². The van der Waals surface area contributed by atoms with E-state index in [1.165, 1.54) is 27.7 Å². The lowest BCUT2D eigenvalue weighted by Gasteiger charge is -2.22. The molecule has 18 nitrogen and oxygen atoms in total. The highest BCUT2D eigenvalue weighted by molar-refractivity contribution is 7.87. The molecule has 4 atom stereocenters. The van der Waals surface area contributed by atoms with Crippen LogP contribution in [0.15, 0.2) is 93.4 Å². The standard InChI is InChI=1S/C58H64F6O18S4/c1-13-73-27-33(9)79-83(65,66)39-17-19-43-37(21-39)23-41(85(69,70)81-35(11)29-75-15-3)25-45(43)77-57-48(32(7)8)51(59)50(53(61)55(57)63)49-47(31(5)6)54(62)58(56(64)52(49)60)78-46-26-42(86(71,72)82-36(12)30-76-16-4)24-38-22-40(18-20-44(38)46)84(67,68)80-34(10)28-74-14-2/h17-26,33-36H,5,7,13-16,27-30H2,1-4,6,8-12H3. The number of hydrogen-bond donors (Lipinski definition) is 0. The van der Waals surface area contributed by atoms with E-state index in [0.717, 1.165) is 74.5 Å². The van der Waals surface area contributed by atoms with Gasteiger partial charge in [-0.05, 0) is 140 Å². The van der Waals surface area contributed by atoms with Crippen molar-refractivity contribution in [2.45, 2.75) is 113 Å². The molecule has 0 aromatic heterocycles. The summed E-state index contributed by atoms with van der Waals surface area (Å²) in [5.41, 5.74) is -6.65. The first-order valence-electron chi connectivity index (χ1n) is 26.5. The van der Waals surface area contributed by atoms with Crippen molar-refractivity contribution < 1.29 is 105 Å². The van der Waals surface area contributed by atoms with Gasteiger partial charge < -0.3 is 28.4 Å². The summed E-state index contributed by atoms with van der Waals surface area (Å²) in [6, 6.07) is 9.49. The van der Waals surface area contributed by atoms with Crippen molar-refractivity contribution in [2.75, 3.05) is 52.9 Å². The molecule has 28 heteroatoms. The smallest absolute Gasteiger partial charge is 0.297 e. The first-order valence-corrected chi connectivity index (χ1v) is 32.2. The fourth-order valence-electron chi connectivity index (χ4n) is 8.60. The zero-order chi connectivity index (χ0) is 64.0. The Kier molecular flexibility index (Phi) is 22.8. The minimum absolute atomic E-state index is 0.129. The Morgan fingerprint density at radius 1 is 0.407 bits per heavy atom. The number of ether oxygens (including phenoxy) is 6. The third-order valence-electron chi connectivity index (χ3n) is 12.4. The van der Waals surface area contributed by atoms with Crippen LogP contribution in [0.5, 0.6) is 23.0 Å². The van der Waals surface area contributed by atoms with Gasteiger partial charge in [-0.3, -0.25) is 16.7 Å². The highest BCUT2D eigenvalue weighted by Crippen LogP contribution is 2.49. The first kappa shape index (κ1) is 69.1. The lowest BCUT2D eigenvalue weighted by Crippen LogP contribution is -2.21. The molecule has 86 heavy (non-hydrogen) atoms. The maximum absolute atomic E-state index is 17.5. The molecule has 0 bridgehead atoms. The molecule has 4 unspecified atom stereocenters. The second-order valence-electron chi connectivity index (χ2n) is 19.5. The fraction of sp³-hybridized carbons (Fsp3) is 0.379. The van der Waals surface area contributed by atoms with E-state index in [4.69, 9.17) is 45.2 Å². The minimum atomic E-state index is -4.89. The van der Waals surface area contributed by atoms with E-state index in [2.05, 4.69) is 13.2 Å². The van der Waals surface area contributed by atoms with Gasteiger partial charge in [0.05, 0.1) is 81.6 Å². The predicted octanol–water partition coefficient (Wildman–Crippen LogP) is 12.7. The summed E-state index contributed by atoms with van der Waals surface area (Å²) in [4.78, 5) is -2.56. The summed E-state index contributed by atoms with van der Waals surface area (Å²) in [7, 11) is -19.0. The van der Waals surface area contributed by atoms with Crippen molar-refractivity contribution in [1.82, 2.24) is 0 Å². The Labute approximate surface area is 496 Å². The zero-order valence-corrected chi connectivity index (χ0v) is 51.7. The molecule has 0 amide bonds. The molecule has 0 fully saturated rings. The van der Waals surface area contributed by atoms with E-state index < -0.39 is 176 Å². The van der Waals surface area contributed by atoms with Crippen molar-refractivity contribution in [1.29, 1.82) is 0 Å². The molecule has 6 aromatic rings. The lowest BCUT2D eigenvalue weighted by atomic mass is 9.90. The summed E-state index contributed by atoms with van der Waals surface area (Å²) in [6.07, 6.45) is -4.25. The number of halogens is 6. The van der Waals surface area contributed by atoms with E-state index in [1.54, 1.807) is 27.7 Å². The molecule has 6 aromatic carbocycles. The Morgan fingerprint density at radius 3 is 1.07 bits per heavy atom. The molecular formula is C58H64F6O18S4. The normalized spacial score (nSPS) is 13.9. The number of benzene rings is 6. The second-order valence-corrected chi connectivity index (χ2v) is 25.8. The Bertz CT molecular complexity index is 4020. The van der Waals surface area contributed by atoms with Crippen molar-refractivity contribution in [3.05, 3.63) is 120 Å². The maximum atomic E-state index is 17.5. The Balaban J connectivity index is 1.56. The zero-order valence-electron chi connectivity index (χ0n) is 48.4. The van der Waals surface area contributed by atoms with Gasteiger partial charge in [-0.2, -0.15) is 42.5 Å². The maximum Gasteiger partial charge on any atom is 0.297 e. The highest BCUT2D eigenvalue weighted by Gasteiger charge is 2.37. The molecule has 0 aliphatic heterocycles. The van der Waals surface area contributed by atoms with Crippen LogP contribution in [0.3, 0.4) is 0 Å². The Hall–Kier alpha value is -6.02. The van der Waals surface area contributed by atoms with Crippen molar-refractivity contribution in [2.24, 2.45) is 0 Å². The summed E-state index contributed by atoms with van der Waals surface area (Å²) in [6.45, 7) is 21.6. The van der Waals surface area contributed by atoms with E-state index in [-0.39, 0.29) is 74.4 Å². The topological polar surface area (TPSA) is 229 Å². The molecule has 0 aliphatic carbocycles. The lowest BCUT2D eigenvalue weighted by molar-refractivity contribution is 0.0689. The van der Waals surface area contributed by atoms with Crippen LogP contribution in [0.2, 0.25) is 0 Å². The van der Waals surface area contributed by atoms with Crippen LogP contribution < -0.4 is 9.47 Å². The van der Waals surface area contributed by atoms with Crippen LogP contribution in [-0.2, 0) is 76.2 Å². The molecule has 0 spiro atoms. The third kappa shape index (κ3) is 15.6. The van der Waals surface area contributed by atoms with E-state index >= 15 is 26.3 Å². The molecule has 0 aliphatic rings. The molecular weight excluding hydrogens is 1230 g/mol. The van der Waals surface area contributed by atoms with Crippen LogP contribution in [0, 0.1) is 34.9 Å². The van der Waals surface area contributed by atoms with Gasteiger partial charge in [0.1, 0.15) is 17.3 Å². The molecule has 6 rings (SSSR count). The van der Waals surface area contributed by atoms with Crippen molar-refractivity contribution >= 4 is 73.2 Å². The number of hydrogen-bond acceptors (Lipinski definition) is 18. The van der Waals surface area contributed by atoms with Gasteiger partial charge in [0, 0.05) is 60.5 Å². The van der Waals surface area contributed by atoms with Gasteiger partial charge in [-0.15, -0.1) is 0 Å². The van der Waals surface area contributed by atoms with Crippen LogP contribution >= 0.6 is 0 Å². The van der Waals surface area contributed by atoms with Crippen LogP contribution in [0.1, 0.15) is 80.4 Å². The van der Waals surface area contributed by atoms with Crippen LogP contribution in [0.4, 0.5) is 26.3 Å². The van der Waals surface area contributed by atoms with Crippen LogP contribution in [-0.4, -0.2) is 111 Å². The third-order valence-corrected chi connectivity index (χ3v) is 18.0. The van der Waals surface area contributed by atoms with E-state index in [1.807, 2.05) is 0 Å². The SMILES string of the molecule is C=C(C)c1c(F)c(-c2c(F)c(F)c(Oc3cc(S(=O)(=O)OC(C)COCC)cc4cc(S(=O)(=O)OC(C)COCC)ccc34)c(F)c2C(=C)C)c(F)c(F)c1Oc1cc(S(=O)(=O)OC(C)COCC)cc2cc(S(=O)(=O)OC(C)COCC)ccc12. The van der Waals surface area contributed by atoms with Gasteiger partial charge >= 0.3 is 0 Å². The van der Waals surface area contributed by atoms with Gasteiger partial charge in [0.25, 0.3) is 40.5 Å². The molecule has 470 valence electrons. The minimum Gasteiger partial charge on any atom is -0.453 e. The van der Waals surface area contributed by atoms with E-state index in [0.29, 0.717) is 0 Å². The number of fused-ring (bicyclic) bond motifs is 2.